The van der Waals surface area contributed by atoms with Gasteiger partial charge < -0.3 is 18.9 Å². The van der Waals surface area contributed by atoms with Crippen molar-refractivity contribution < 1.29 is 14.3 Å². The second kappa shape index (κ2) is 8.73. The first-order valence-electron chi connectivity index (χ1n) is 9.14. The monoisotopic (exact) mass is 351 g/mol. The number of ether oxygens (including phenoxy) is 2. The van der Waals surface area contributed by atoms with Crippen LogP contribution < -0.4 is 0 Å². The van der Waals surface area contributed by atoms with Crippen molar-refractivity contribution in [3.8, 4) is 0 Å². The van der Waals surface area contributed by atoms with Gasteiger partial charge >= 0.3 is 0 Å². The van der Waals surface area contributed by atoms with Crippen LogP contribution in [0, 0.1) is 0 Å². The van der Waals surface area contributed by atoms with E-state index >= 15 is 0 Å². The van der Waals surface area contributed by atoms with E-state index in [0.717, 1.165) is 70.4 Å². The Morgan fingerprint density at radius 3 is 2.60 bits per heavy atom. The third-order valence-electron chi connectivity index (χ3n) is 5.20. The lowest BCUT2D eigenvalue weighted by molar-refractivity contribution is -0.133. The molecule has 0 bridgehead atoms. The first-order chi connectivity index (χ1) is 12.2. The van der Waals surface area contributed by atoms with E-state index in [0.29, 0.717) is 18.9 Å². The number of methoxy groups -OCH3 is 1. The lowest BCUT2D eigenvalue weighted by Gasteiger charge is -2.31. The Labute approximate surface area is 149 Å². The van der Waals surface area contributed by atoms with Gasteiger partial charge in [-0.15, -0.1) is 10.2 Å². The molecule has 3 heterocycles. The molecule has 1 amide bonds. The fourth-order valence-corrected chi connectivity index (χ4v) is 3.56. The number of likely N-dealkylation sites (tertiary alicyclic amines) is 1. The Kier molecular flexibility index (Phi) is 6.39. The van der Waals surface area contributed by atoms with Gasteiger partial charge in [-0.25, -0.2) is 0 Å². The summed E-state index contributed by atoms with van der Waals surface area (Å²) in [6.45, 7) is 6.38. The smallest absolute Gasteiger partial charge is 0.224 e. The molecule has 1 aromatic rings. The van der Waals surface area contributed by atoms with E-state index < -0.39 is 0 Å². The van der Waals surface area contributed by atoms with Gasteiger partial charge in [-0.1, -0.05) is 0 Å². The molecule has 2 fully saturated rings. The van der Waals surface area contributed by atoms with Crippen LogP contribution in [-0.2, 0) is 27.9 Å². The van der Waals surface area contributed by atoms with Gasteiger partial charge in [0.1, 0.15) is 11.6 Å². The molecule has 140 valence electrons. The fourth-order valence-electron chi connectivity index (χ4n) is 3.56. The maximum absolute atomic E-state index is 12.1. The number of aromatic nitrogens is 3. The topological polar surface area (TPSA) is 72.7 Å². The molecule has 2 saturated heterocycles. The molecule has 8 nitrogen and oxygen atoms in total. The summed E-state index contributed by atoms with van der Waals surface area (Å²) in [4.78, 5) is 16.4. The summed E-state index contributed by atoms with van der Waals surface area (Å²) in [6.07, 6.45) is 2.36. The molecular formula is C17H29N5O3. The zero-order chi connectivity index (χ0) is 17.6. The minimum Gasteiger partial charge on any atom is -0.384 e. The molecular weight excluding hydrogens is 322 g/mol. The molecule has 1 aromatic heterocycles. The van der Waals surface area contributed by atoms with Crippen LogP contribution >= 0.6 is 0 Å². The minimum absolute atomic E-state index is 0.186. The molecule has 3 rings (SSSR count). The Bertz CT molecular complexity index is 563. The molecule has 2 aliphatic heterocycles. The van der Waals surface area contributed by atoms with Crippen LogP contribution in [0.3, 0.4) is 0 Å². The second-order valence-electron chi connectivity index (χ2n) is 6.82. The average molecular weight is 351 g/mol. The van der Waals surface area contributed by atoms with E-state index in [9.17, 15) is 4.79 Å². The molecule has 0 atom stereocenters. The van der Waals surface area contributed by atoms with Crippen LogP contribution in [0.25, 0.3) is 0 Å². The van der Waals surface area contributed by atoms with Crippen LogP contribution in [0.2, 0.25) is 0 Å². The third-order valence-corrected chi connectivity index (χ3v) is 5.20. The first kappa shape index (κ1) is 18.3. The number of carbonyl (C=O) groups excluding carboxylic acids is 1. The van der Waals surface area contributed by atoms with Crippen LogP contribution in [0.1, 0.15) is 36.8 Å². The molecule has 0 saturated carbocycles. The van der Waals surface area contributed by atoms with Crippen LogP contribution in [0.5, 0.6) is 0 Å². The lowest BCUT2D eigenvalue weighted by atomic mass is 9.95. The number of rotatable bonds is 6. The van der Waals surface area contributed by atoms with Crippen LogP contribution in [0.15, 0.2) is 0 Å². The Morgan fingerprint density at radius 1 is 1.20 bits per heavy atom. The zero-order valence-corrected chi connectivity index (χ0v) is 15.3. The van der Waals surface area contributed by atoms with Gasteiger partial charge in [-0.2, -0.15) is 0 Å². The van der Waals surface area contributed by atoms with Gasteiger partial charge in [0.15, 0.2) is 0 Å². The van der Waals surface area contributed by atoms with Gasteiger partial charge in [0.25, 0.3) is 0 Å². The lowest BCUT2D eigenvalue weighted by Crippen LogP contribution is -2.38. The van der Waals surface area contributed by atoms with Gasteiger partial charge in [0.2, 0.25) is 5.91 Å². The Balaban J connectivity index is 1.54. The fraction of sp³-hybridized carbons (Fsp3) is 0.824. The molecule has 8 heteroatoms. The summed E-state index contributed by atoms with van der Waals surface area (Å²) in [5.41, 5.74) is 0. The normalized spacial score (nSPS) is 20.2. The van der Waals surface area contributed by atoms with E-state index in [-0.39, 0.29) is 5.91 Å². The summed E-state index contributed by atoms with van der Waals surface area (Å²) in [7, 11) is 3.68. The number of hydrogen-bond acceptors (Lipinski definition) is 6. The number of morpholine rings is 1. The molecule has 0 unspecified atom stereocenters. The third kappa shape index (κ3) is 4.56. The highest BCUT2D eigenvalue weighted by atomic mass is 16.5. The largest absolute Gasteiger partial charge is 0.384 e. The second-order valence-corrected chi connectivity index (χ2v) is 6.82. The highest BCUT2D eigenvalue weighted by Crippen LogP contribution is 2.27. The SMILES string of the molecule is COCCC(=O)N1CCC(c2nnc(CN3CCOCC3)n2C)CC1. The van der Waals surface area contributed by atoms with Crippen molar-refractivity contribution in [1.82, 2.24) is 24.6 Å². The molecule has 0 spiro atoms. The van der Waals surface area contributed by atoms with Crippen molar-refractivity contribution in [3.63, 3.8) is 0 Å². The van der Waals surface area contributed by atoms with Gasteiger partial charge in [0.05, 0.1) is 32.8 Å². The summed E-state index contributed by atoms with van der Waals surface area (Å²) in [5, 5.41) is 8.87. The van der Waals surface area contributed by atoms with Crippen molar-refractivity contribution in [2.75, 3.05) is 53.1 Å². The van der Waals surface area contributed by atoms with Crippen molar-refractivity contribution in [1.29, 1.82) is 0 Å². The quantitative estimate of drug-likeness (QED) is 0.738. The standard InChI is InChI=1S/C17H29N5O3/c1-20-15(13-21-8-11-25-12-9-21)18-19-17(20)14-3-6-22(7-4-14)16(23)5-10-24-2/h14H,3-13H2,1-2H3. The Morgan fingerprint density at radius 2 is 1.92 bits per heavy atom. The Hall–Kier alpha value is -1.51. The molecule has 0 aromatic carbocycles. The average Bonchev–Trinajstić information content (AvgIpc) is 3.01. The highest BCUT2D eigenvalue weighted by molar-refractivity contribution is 5.76. The van der Waals surface area contributed by atoms with E-state index in [2.05, 4.69) is 26.7 Å². The number of piperidine rings is 1. The van der Waals surface area contributed by atoms with Crippen molar-refractivity contribution in [2.45, 2.75) is 31.7 Å². The maximum atomic E-state index is 12.1. The van der Waals surface area contributed by atoms with Crippen LogP contribution in [-0.4, -0.2) is 83.6 Å². The number of nitrogens with zero attached hydrogens (tertiary/aromatic N) is 5. The summed E-state index contributed by atoms with van der Waals surface area (Å²) in [5.74, 6) is 2.62. The van der Waals surface area contributed by atoms with Gasteiger partial charge in [-0.3, -0.25) is 9.69 Å². The van der Waals surface area contributed by atoms with Crippen molar-refractivity contribution >= 4 is 5.91 Å². The van der Waals surface area contributed by atoms with Gasteiger partial charge in [-0.05, 0) is 12.8 Å². The highest BCUT2D eigenvalue weighted by Gasteiger charge is 2.27. The molecule has 2 aliphatic rings. The summed E-state index contributed by atoms with van der Waals surface area (Å²) < 4.78 is 12.5. The first-order valence-corrected chi connectivity index (χ1v) is 9.14. The number of carbonyl (C=O) groups is 1. The zero-order valence-electron chi connectivity index (χ0n) is 15.3. The van der Waals surface area contributed by atoms with E-state index in [1.54, 1.807) is 7.11 Å². The number of hydrogen-bond donors (Lipinski definition) is 0. The molecule has 0 radical (unpaired) electrons. The summed E-state index contributed by atoms with van der Waals surface area (Å²) in [6, 6.07) is 0. The molecule has 25 heavy (non-hydrogen) atoms. The minimum atomic E-state index is 0.186. The molecule has 0 N–H and O–H groups in total. The van der Waals surface area contributed by atoms with Crippen molar-refractivity contribution in [3.05, 3.63) is 11.6 Å². The van der Waals surface area contributed by atoms with Crippen molar-refractivity contribution in [2.24, 2.45) is 7.05 Å². The molecule has 0 aliphatic carbocycles. The van der Waals surface area contributed by atoms with Gasteiger partial charge in [0, 0.05) is 46.3 Å². The van der Waals surface area contributed by atoms with E-state index in [1.165, 1.54) is 0 Å². The predicted octanol–water partition coefficient (Wildman–Crippen LogP) is 0.390. The van der Waals surface area contributed by atoms with E-state index in [4.69, 9.17) is 9.47 Å². The van der Waals surface area contributed by atoms with E-state index in [1.807, 2.05) is 4.90 Å². The summed E-state index contributed by atoms with van der Waals surface area (Å²) >= 11 is 0. The maximum Gasteiger partial charge on any atom is 0.224 e. The van der Waals surface area contributed by atoms with Crippen LogP contribution in [0.4, 0.5) is 0 Å². The predicted molar refractivity (Wildman–Crippen MR) is 92.1 cm³/mol. The number of amides is 1.